The second-order valence-corrected chi connectivity index (χ2v) is 13.0. The molecule has 1 saturated heterocycles. The second kappa shape index (κ2) is 11.2. The van der Waals surface area contributed by atoms with Gasteiger partial charge in [0.05, 0.1) is 16.8 Å². The number of carbonyl (C=O) groups is 1. The third-order valence-electron chi connectivity index (χ3n) is 8.27. The van der Waals surface area contributed by atoms with Crippen molar-refractivity contribution in [2.24, 2.45) is 11.7 Å². The van der Waals surface area contributed by atoms with Gasteiger partial charge in [-0.25, -0.2) is 17.1 Å². The van der Waals surface area contributed by atoms with Crippen molar-refractivity contribution in [3.8, 4) is 11.1 Å². The Morgan fingerprint density at radius 1 is 1.08 bits per heavy atom. The van der Waals surface area contributed by atoms with E-state index in [4.69, 9.17) is 5.73 Å². The van der Waals surface area contributed by atoms with Crippen molar-refractivity contribution in [3.05, 3.63) is 59.0 Å². The number of halogens is 1. The van der Waals surface area contributed by atoms with Gasteiger partial charge in [-0.1, -0.05) is 12.8 Å². The maximum atomic E-state index is 14.7. The molecule has 2 heterocycles. The molecule has 2 fully saturated rings. The molecule has 1 saturated carbocycles. The second-order valence-electron chi connectivity index (χ2n) is 10.8. The summed E-state index contributed by atoms with van der Waals surface area (Å²) in [6.07, 6.45) is 8.38. The molecule has 1 aliphatic heterocycles. The average molecular weight is 541 g/mol. The van der Waals surface area contributed by atoms with Crippen LogP contribution >= 0.6 is 0 Å². The Labute approximate surface area is 224 Å². The van der Waals surface area contributed by atoms with Gasteiger partial charge in [0.25, 0.3) is 5.91 Å². The van der Waals surface area contributed by atoms with Crippen molar-refractivity contribution in [3.63, 3.8) is 0 Å². The molecule has 3 aromatic rings. The zero-order valence-electron chi connectivity index (χ0n) is 21.9. The van der Waals surface area contributed by atoms with Gasteiger partial charge in [0, 0.05) is 31.2 Å². The van der Waals surface area contributed by atoms with E-state index in [0.29, 0.717) is 55.0 Å². The summed E-state index contributed by atoms with van der Waals surface area (Å²) in [5, 5.41) is 4.36. The largest absolute Gasteiger partial charge is 0.366 e. The first-order valence-electron chi connectivity index (χ1n) is 13.7. The number of sulfonamides is 1. The van der Waals surface area contributed by atoms with Crippen LogP contribution in [-0.4, -0.2) is 49.0 Å². The van der Waals surface area contributed by atoms with Gasteiger partial charge < -0.3 is 16.0 Å². The first kappa shape index (κ1) is 26.8. The van der Waals surface area contributed by atoms with Crippen LogP contribution in [0.5, 0.6) is 0 Å². The highest BCUT2D eigenvalue weighted by Gasteiger charge is 2.29. The lowest BCUT2D eigenvalue weighted by atomic mass is 9.88. The summed E-state index contributed by atoms with van der Waals surface area (Å²) >= 11 is 0. The predicted molar refractivity (Wildman–Crippen MR) is 149 cm³/mol. The number of nitrogens with zero attached hydrogens (tertiary/aromatic N) is 1. The number of carbonyl (C=O) groups excluding carboxylic acids is 1. The molecule has 2 aliphatic rings. The van der Waals surface area contributed by atoms with Crippen molar-refractivity contribution in [1.82, 2.24) is 14.6 Å². The van der Waals surface area contributed by atoms with Crippen molar-refractivity contribution in [2.45, 2.75) is 57.9 Å². The molecule has 2 aromatic carbocycles. The summed E-state index contributed by atoms with van der Waals surface area (Å²) in [5.41, 5.74) is 10.1. The molecule has 1 amide bonds. The van der Waals surface area contributed by atoms with Gasteiger partial charge in [-0.05, 0) is 104 Å². The number of rotatable bonds is 9. The molecule has 204 valence electrons. The summed E-state index contributed by atoms with van der Waals surface area (Å²) in [4.78, 5) is 15.6. The number of nitrogens with one attached hydrogen (secondary N) is 2. The summed E-state index contributed by atoms with van der Waals surface area (Å²) < 4.78 is 40.9. The Hall–Kier alpha value is -2.75. The van der Waals surface area contributed by atoms with Crippen molar-refractivity contribution < 1.29 is 17.6 Å². The van der Waals surface area contributed by atoms with Crippen LogP contribution in [-0.2, 0) is 16.6 Å². The Bertz CT molecular complexity index is 1420. The fourth-order valence-electron chi connectivity index (χ4n) is 6.13. The molecule has 1 aliphatic carbocycles. The normalized spacial score (nSPS) is 17.9. The molecule has 9 heteroatoms. The van der Waals surface area contributed by atoms with E-state index in [1.807, 2.05) is 18.3 Å². The zero-order valence-corrected chi connectivity index (χ0v) is 22.7. The van der Waals surface area contributed by atoms with E-state index in [1.165, 1.54) is 31.7 Å². The molecule has 7 nitrogen and oxygen atoms in total. The Morgan fingerprint density at radius 3 is 2.47 bits per heavy atom. The predicted octanol–water partition coefficient (Wildman–Crippen LogP) is 4.88. The number of H-pyrrole nitrogens is 1. The number of hydrogen-bond acceptors (Lipinski definition) is 4. The van der Waals surface area contributed by atoms with Crippen molar-refractivity contribution in [1.29, 1.82) is 0 Å². The van der Waals surface area contributed by atoms with Crippen LogP contribution in [0.1, 0.15) is 72.9 Å². The summed E-state index contributed by atoms with van der Waals surface area (Å²) in [5.74, 6) is 0.0704. The molecule has 4 N–H and O–H groups in total. The number of fused-ring (bicyclic) bond motifs is 1. The molecule has 0 unspecified atom stereocenters. The van der Waals surface area contributed by atoms with Crippen LogP contribution in [0.25, 0.3) is 22.0 Å². The number of aromatic nitrogens is 1. The number of hydrogen-bond donors (Lipinski definition) is 3. The third-order valence-corrected chi connectivity index (χ3v) is 10.1. The lowest BCUT2D eigenvalue weighted by Gasteiger charge is -2.31. The van der Waals surface area contributed by atoms with E-state index >= 15 is 0 Å². The van der Waals surface area contributed by atoms with E-state index in [9.17, 15) is 17.6 Å². The van der Waals surface area contributed by atoms with Gasteiger partial charge in [0.15, 0.2) is 0 Å². The maximum Gasteiger partial charge on any atom is 0.250 e. The van der Waals surface area contributed by atoms with Gasteiger partial charge in [0.2, 0.25) is 10.0 Å². The zero-order chi connectivity index (χ0) is 26.9. The number of amides is 1. The van der Waals surface area contributed by atoms with Gasteiger partial charge in [-0.3, -0.25) is 4.79 Å². The standard InChI is InChI=1S/C29H37FN4O3S/c1-2-38(36,37)34-9-7-21(8-10-34)27-18-33-28-25(27)14-23(15-26(28)29(31)35)22-11-20(12-24(30)13-22)17-32-16-19-5-3-4-6-19/h11-15,18-19,21,32-33H,2-10,16-17H2,1H3,(H2,31,35). The highest BCUT2D eigenvalue weighted by atomic mass is 32.2. The molecule has 0 spiro atoms. The molecular formula is C29H37FN4O3S. The lowest BCUT2D eigenvalue weighted by Crippen LogP contribution is -2.38. The van der Waals surface area contributed by atoms with E-state index in [2.05, 4.69) is 10.3 Å². The number of piperidine rings is 1. The minimum Gasteiger partial charge on any atom is -0.366 e. The van der Waals surface area contributed by atoms with E-state index in [0.717, 1.165) is 28.6 Å². The smallest absolute Gasteiger partial charge is 0.250 e. The Balaban J connectivity index is 1.43. The van der Waals surface area contributed by atoms with Crippen molar-refractivity contribution in [2.75, 3.05) is 25.4 Å². The monoisotopic (exact) mass is 540 g/mol. The molecule has 5 rings (SSSR count). The van der Waals surface area contributed by atoms with E-state index in [1.54, 1.807) is 23.4 Å². The van der Waals surface area contributed by atoms with Gasteiger partial charge in [-0.2, -0.15) is 0 Å². The molecule has 1 aromatic heterocycles. The number of primary amides is 1. The highest BCUT2D eigenvalue weighted by Crippen LogP contribution is 2.37. The minimum absolute atomic E-state index is 0.0990. The topological polar surface area (TPSA) is 108 Å². The Morgan fingerprint density at radius 2 is 1.79 bits per heavy atom. The van der Waals surface area contributed by atoms with Crippen LogP contribution < -0.4 is 11.1 Å². The SMILES string of the molecule is CCS(=O)(=O)N1CCC(c2c[nH]c3c(C(N)=O)cc(-c4cc(F)cc(CNCC5CCCC5)c4)cc23)CC1. The van der Waals surface area contributed by atoms with E-state index in [-0.39, 0.29) is 17.5 Å². The third kappa shape index (κ3) is 5.65. The molecular weight excluding hydrogens is 503 g/mol. The lowest BCUT2D eigenvalue weighted by molar-refractivity contribution is 0.100. The fraction of sp³-hybridized carbons (Fsp3) is 0.483. The number of benzene rings is 2. The Kier molecular flexibility index (Phi) is 7.88. The minimum atomic E-state index is -3.21. The molecule has 0 bridgehead atoms. The summed E-state index contributed by atoms with van der Waals surface area (Å²) in [6.45, 7) is 4.13. The summed E-state index contributed by atoms with van der Waals surface area (Å²) in [7, 11) is -3.21. The van der Waals surface area contributed by atoms with Crippen LogP contribution in [0.2, 0.25) is 0 Å². The van der Waals surface area contributed by atoms with Crippen molar-refractivity contribution >= 4 is 26.8 Å². The van der Waals surface area contributed by atoms with Gasteiger partial charge >= 0.3 is 0 Å². The van der Waals surface area contributed by atoms with Gasteiger partial charge in [0.1, 0.15) is 5.82 Å². The van der Waals surface area contributed by atoms with Crippen LogP contribution in [0.4, 0.5) is 4.39 Å². The average Bonchev–Trinajstić information content (AvgIpc) is 3.58. The summed E-state index contributed by atoms with van der Waals surface area (Å²) in [6, 6.07) is 8.74. The highest BCUT2D eigenvalue weighted by molar-refractivity contribution is 7.89. The van der Waals surface area contributed by atoms with Gasteiger partial charge in [-0.15, -0.1) is 0 Å². The molecule has 0 atom stereocenters. The number of nitrogens with two attached hydrogens (primary N) is 1. The van der Waals surface area contributed by atoms with E-state index < -0.39 is 15.9 Å². The first-order valence-corrected chi connectivity index (χ1v) is 15.3. The number of aromatic amines is 1. The first-order chi connectivity index (χ1) is 18.2. The molecule has 38 heavy (non-hydrogen) atoms. The van der Waals surface area contributed by atoms with Crippen LogP contribution in [0, 0.1) is 11.7 Å². The maximum absolute atomic E-state index is 14.7. The van der Waals surface area contributed by atoms with Crippen LogP contribution in [0.15, 0.2) is 36.5 Å². The van der Waals surface area contributed by atoms with Crippen LogP contribution in [0.3, 0.4) is 0 Å². The molecule has 0 radical (unpaired) electrons. The fourth-order valence-corrected chi connectivity index (χ4v) is 7.27. The quantitative estimate of drug-likeness (QED) is 0.359.